The van der Waals surface area contributed by atoms with Gasteiger partial charge < -0.3 is 23.8 Å². The first-order chi connectivity index (χ1) is 16.6. The second kappa shape index (κ2) is 9.50. The van der Waals surface area contributed by atoms with Gasteiger partial charge in [-0.3, -0.25) is 0 Å². The molecule has 184 valence electrons. The van der Waals surface area contributed by atoms with E-state index in [-0.39, 0.29) is 0 Å². The highest BCUT2D eigenvalue weighted by Crippen LogP contribution is 2.44. The number of hydrogen-bond acceptors (Lipinski definition) is 5. The predicted molar refractivity (Wildman–Crippen MR) is 142 cm³/mol. The highest BCUT2D eigenvalue weighted by atomic mass is 28.3. The Labute approximate surface area is 207 Å². The Morgan fingerprint density at radius 1 is 1.17 bits per heavy atom. The Balaban J connectivity index is 1.91. The third-order valence-electron chi connectivity index (χ3n) is 6.63. The molecule has 0 spiro atoms. The summed E-state index contributed by atoms with van der Waals surface area (Å²) in [5.41, 5.74) is 4.25. The van der Waals surface area contributed by atoms with E-state index in [2.05, 4.69) is 42.2 Å². The van der Waals surface area contributed by atoms with Gasteiger partial charge in [-0.1, -0.05) is 19.6 Å². The van der Waals surface area contributed by atoms with Crippen molar-refractivity contribution < 1.29 is 14.2 Å². The van der Waals surface area contributed by atoms with Gasteiger partial charge in [0, 0.05) is 44.5 Å². The van der Waals surface area contributed by atoms with Gasteiger partial charge in [-0.05, 0) is 55.8 Å². The molecule has 4 aromatic rings. The molecule has 7 nitrogen and oxygen atoms in total. The number of nitrogens with zero attached hydrogens (tertiary/aromatic N) is 3. The Kier molecular flexibility index (Phi) is 6.78. The largest absolute Gasteiger partial charge is 0.496 e. The average molecular weight is 491 g/mol. The number of nitrogens with one attached hydrogen (secondary N) is 1. The fourth-order valence-corrected chi connectivity index (χ4v) is 5.32. The van der Waals surface area contributed by atoms with Gasteiger partial charge in [-0.2, -0.15) is 5.26 Å². The molecule has 0 radical (unpaired) electrons. The normalized spacial score (nSPS) is 13.8. The first-order valence-corrected chi connectivity index (χ1v) is 15.5. The lowest BCUT2D eigenvalue weighted by atomic mass is 9.89. The van der Waals surface area contributed by atoms with Crippen molar-refractivity contribution in [3.63, 3.8) is 0 Å². The molecule has 0 aliphatic heterocycles. The maximum atomic E-state index is 9.45. The van der Waals surface area contributed by atoms with E-state index in [0.717, 1.165) is 44.9 Å². The Bertz CT molecular complexity index is 1410. The molecule has 8 heteroatoms. The van der Waals surface area contributed by atoms with E-state index in [1.165, 1.54) is 0 Å². The Hall–Kier alpha value is -3.12. The van der Waals surface area contributed by atoms with Crippen LogP contribution in [0.1, 0.15) is 29.4 Å². The van der Waals surface area contributed by atoms with Crippen LogP contribution in [0.4, 0.5) is 0 Å². The fraction of sp³-hybridized carbons (Fsp3) is 0.407. The highest BCUT2D eigenvalue weighted by molar-refractivity contribution is 6.76. The summed E-state index contributed by atoms with van der Waals surface area (Å²) in [5.74, 6) is 1.43. The SMILES string of the molecule is COc1cc(C)c2[nH]ccc2c1C(C)(OC)c1nc2cc(C#N)ccc2n1COCC[Si](C)(C)C. The zero-order valence-corrected chi connectivity index (χ0v) is 22.7. The minimum atomic E-state index is -1.23. The molecule has 0 amide bonds. The van der Waals surface area contributed by atoms with Crippen LogP contribution in [0.25, 0.3) is 21.9 Å². The summed E-state index contributed by atoms with van der Waals surface area (Å²) >= 11 is 0. The number of methoxy groups -OCH3 is 2. The lowest BCUT2D eigenvalue weighted by Crippen LogP contribution is -2.31. The van der Waals surface area contributed by atoms with Crippen LogP contribution in [0.5, 0.6) is 5.75 Å². The Morgan fingerprint density at radius 2 is 1.94 bits per heavy atom. The zero-order chi connectivity index (χ0) is 25.4. The van der Waals surface area contributed by atoms with Crippen molar-refractivity contribution in [2.45, 2.75) is 51.9 Å². The number of nitriles is 1. The Morgan fingerprint density at radius 3 is 2.60 bits per heavy atom. The minimum Gasteiger partial charge on any atom is -0.496 e. The van der Waals surface area contributed by atoms with Gasteiger partial charge in [0.1, 0.15) is 18.3 Å². The summed E-state index contributed by atoms with van der Waals surface area (Å²) in [4.78, 5) is 8.35. The lowest BCUT2D eigenvalue weighted by molar-refractivity contribution is 0.0172. The molecule has 2 heterocycles. The number of rotatable bonds is 9. The molecule has 1 atom stereocenters. The van der Waals surface area contributed by atoms with Crippen LogP contribution < -0.4 is 4.74 Å². The van der Waals surface area contributed by atoms with Crippen LogP contribution in [-0.4, -0.2) is 43.4 Å². The molecule has 2 aromatic heterocycles. The zero-order valence-electron chi connectivity index (χ0n) is 21.7. The standard InChI is InChI=1S/C27H34N4O3Si/c1-18-14-23(32-3)24(20-10-11-29-25(18)20)27(2,33-4)26-30-21-15-19(16-28)8-9-22(21)31(26)17-34-12-13-35(5,6)7/h8-11,14-15,29H,12-13,17H2,1-7H3. The highest BCUT2D eigenvalue weighted by Gasteiger charge is 2.39. The van der Waals surface area contributed by atoms with Gasteiger partial charge >= 0.3 is 0 Å². The van der Waals surface area contributed by atoms with Gasteiger partial charge in [0.15, 0.2) is 5.60 Å². The van der Waals surface area contributed by atoms with E-state index in [0.29, 0.717) is 24.7 Å². The molecule has 0 saturated carbocycles. The van der Waals surface area contributed by atoms with Gasteiger partial charge in [-0.25, -0.2) is 4.98 Å². The van der Waals surface area contributed by atoms with E-state index in [4.69, 9.17) is 19.2 Å². The van der Waals surface area contributed by atoms with Crippen molar-refractivity contribution in [1.29, 1.82) is 5.26 Å². The summed E-state index contributed by atoms with van der Waals surface area (Å²) in [5, 5.41) is 10.5. The molecule has 0 aliphatic carbocycles. The van der Waals surface area contributed by atoms with Gasteiger partial charge in [-0.15, -0.1) is 0 Å². The number of ether oxygens (including phenoxy) is 3. The van der Waals surface area contributed by atoms with E-state index in [1.54, 1.807) is 14.2 Å². The van der Waals surface area contributed by atoms with E-state index >= 15 is 0 Å². The molecule has 0 bridgehead atoms. The van der Waals surface area contributed by atoms with Crippen molar-refractivity contribution >= 4 is 30.0 Å². The van der Waals surface area contributed by atoms with Gasteiger partial charge in [0.25, 0.3) is 0 Å². The van der Waals surface area contributed by atoms with E-state index < -0.39 is 13.7 Å². The number of hydrogen-bond donors (Lipinski definition) is 1. The molecule has 4 rings (SSSR count). The molecule has 1 unspecified atom stereocenters. The number of aromatic amines is 1. The average Bonchev–Trinajstić information content (AvgIpc) is 3.46. The number of imidazole rings is 1. The van der Waals surface area contributed by atoms with Crippen LogP contribution in [0.15, 0.2) is 36.5 Å². The van der Waals surface area contributed by atoms with Crippen LogP contribution in [-0.2, 0) is 21.8 Å². The van der Waals surface area contributed by atoms with Crippen molar-refractivity contribution in [3.8, 4) is 11.8 Å². The first kappa shape index (κ1) is 25.0. The van der Waals surface area contributed by atoms with Crippen molar-refractivity contribution in [1.82, 2.24) is 14.5 Å². The maximum Gasteiger partial charge on any atom is 0.152 e. The van der Waals surface area contributed by atoms with Crippen LogP contribution in [0.2, 0.25) is 25.7 Å². The first-order valence-electron chi connectivity index (χ1n) is 11.8. The van der Waals surface area contributed by atoms with E-state index in [1.807, 2.05) is 43.5 Å². The van der Waals surface area contributed by atoms with Crippen LogP contribution in [0, 0.1) is 18.3 Å². The van der Waals surface area contributed by atoms with Crippen molar-refractivity contribution in [2.24, 2.45) is 0 Å². The monoisotopic (exact) mass is 490 g/mol. The summed E-state index contributed by atoms with van der Waals surface area (Å²) in [6, 6.07) is 12.9. The number of H-pyrrole nitrogens is 1. The summed E-state index contributed by atoms with van der Waals surface area (Å²) in [6.45, 7) is 12.1. The minimum absolute atomic E-state index is 0.339. The summed E-state index contributed by atoms with van der Waals surface area (Å²) < 4.78 is 20.4. The predicted octanol–water partition coefficient (Wildman–Crippen LogP) is 5.93. The molecular weight excluding hydrogens is 456 g/mol. The second-order valence-electron chi connectivity index (χ2n) is 10.3. The molecule has 35 heavy (non-hydrogen) atoms. The number of benzene rings is 2. The number of aromatic nitrogens is 3. The van der Waals surface area contributed by atoms with Crippen molar-refractivity contribution in [2.75, 3.05) is 20.8 Å². The molecule has 2 aromatic carbocycles. The number of fused-ring (bicyclic) bond motifs is 2. The summed E-state index contributed by atoms with van der Waals surface area (Å²) in [7, 11) is 2.14. The van der Waals surface area contributed by atoms with E-state index in [9.17, 15) is 5.26 Å². The number of aryl methyl sites for hydroxylation is 1. The third-order valence-corrected chi connectivity index (χ3v) is 8.33. The molecule has 0 fully saturated rings. The van der Waals surface area contributed by atoms with Crippen LogP contribution in [0.3, 0.4) is 0 Å². The topological polar surface area (TPSA) is 85.1 Å². The van der Waals surface area contributed by atoms with Crippen LogP contribution >= 0.6 is 0 Å². The van der Waals surface area contributed by atoms with Gasteiger partial charge in [0.05, 0.1) is 29.8 Å². The molecular formula is C27H34N4O3Si. The molecule has 1 N–H and O–H groups in total. The quantitative estimate of drug-likeness (QED) is 0.232. The maximum absolute atomic E-state index is 9.45. The van der Waals surface area contributed by atoms with Crippen molar-refractivity contribution in [3.05, 3.63) is 59.0 Å². The molecule has 0 aliphatic rings. The lowest BCUT2D eigenvalue weighted by Gasteiger charge is -2.31. The summed E-state index contributed by atoms with van der Waals surface area (Å²) in [6.07, 6.45) is 1.93. The third kappa shape index (κ3) is 4.59. The smallest absolute Gasteiger partial charge is 0.152 e. The molecule has 0 saturated heterocycles. The van der Waals surface area contributed by atoms with Gasteiger partial charge in [0.2, 0.25) is 0 Å². The second-order valence-corrected chi connectivity index (χ2v) is 15.9. The fourth-order valence-electron chi connectivity index (χ4n) is 4.56.